The number of fused-ring (bicyclic) bond motifs is 1. The van der Waals surface area contributed by atoms with Crippen molar-refractivity contribution >= 4 is 16.9 Å². The van der Waals surface area contributed by atoms with Crippen LogP contribution in [0.2, 0.25) is 0 Å². The van der Waals surface area contributed by atoms with E-state index in [1.54, 1.807) is 0 Å². The standard InChI is InChI=1S/C17H24N4O2/c1-12(2)21-14-6-4-3-5-13(14)20-16(21)7-8-19-17(22)15-11-18-9-10-23-15/h3-6,12,15,18H,7-11H2,1-2H3,(H,19,22). The van der Waals surface area contributed by atoms with E-state index >= 15 is 0 Å². The van der Waals surface area contributed by atoms with E-state index in [0.29, 0.717) is 32.2 Å². The monoisotopic (exact) mass is 316 g/mol. The van der Waals surface area contributed by atoms with Crippen LogP contribution in [0.25, 0.3) is 11.0 Å². The Morgan fingerprint density at radius 3 is 3.04 bits per heavy atom. The number of rotatable bonds is 5. The molecule has 1 aromatic heterocycles. The van der Waals surface area contributed by atoms with Crippen molar-refractivity contribution in [1.29, 1.82) is 0 Å². The van der Waals surface area contributed by atoms with Crippen LogP contribution in [0.15, 0.2) is 24.3 Å². The van der Waals surface area contributed by atoms with E-state index in [-0.39, 0.29) is 12.0 Å². The third kappa shape index (κ3) is 3.54. The van der Waals surface area contributed by atoms with E-state index in [4.69, 9.17) is 9.72 Å². The maximum Gasteiger partial charge on any atom is 0.250 e. The first kappa shape index (κ1) is 16.0. The molecule has 2 aromatic rings. The van der Waals surface area contributed by atoms with Crippen LogP contribution in [0.3, 0.4) is 0 Å². The second kappa shape index (κ2) is 7.10. The van der Waals surface area contributed by atoms with Crippen molar-refractivity contribution in [2.24, 2.45) is 0 Å². The largest absolute Gasteiger partial charge is 0.366 e. The highest BCUT2D eigenvalue weighted by molar-refractivity contribution is 5.81. The summed E-state index contributed by atoms with van der Waals surface area (Å²) in [4.78, 5) is 16.8. The highest BCUT2D eigenvalue weighted by Crippen LogP contribution is 2.20. The van der Waals surface area contributed by atoms with Gasteiger partial charge in [0.05, 0.1) is 17.6 Å². The van der Waals surface area contributed by atoms with Crippen molar-refractivity contribution in [2.45, 2.75) is 32.4 Å². The zero-order chi connectivity index (χ0) is 16.2. The number of benzene rings is 1. The van der Waals surface area contributed by atoms with Gasteiger partial charge in [-0.25, -0.2) is 4.98 Å². The van der Waals surface area contributed by atoms with Crippen LogP contribution in [-0.4, -0.2) is 47.8 Å². The number of amides is 1. The van der Waals surface area contributed by atoms with Gasteiger partial charge in [0.25, 0.3) is 0 Å². The molecule has 0 spiro atoms. The zero-order valence-corrected chi connectivity index (χ0v) is 13.7. The minimum absolute atomic E-state index is 0.0515. The van der Waals surface area contributed by atoms with E-state index in [1.165, 1.54) is 0 Å². The number of morpholine rings is 1. The molecule has 1 aliphatic heterocycles. The number of para-hydroxylation sites is 2. The van der Waals surface area contributed by atoms with Crippen LogP contribution >= 0.6 is 0 Å². The quantitative estimate of drug-likeness (QED) is 0.871. The first-order chi connectivity index (χ1) is 11.2. The molecule has 2 heterocycles. The first-order valence-electron chi connectivity index (χ1n) is 8.22. The predicted octanol–water partition coefficient (Wildman–Crippen LogP) is 1.26. The van der Waals surface area contributed by atoms with E-state index in [9.17, 15) is 4.79 Å². The number of hydrogen-bond donors (Lipinski definition) is 2. The average Bonchev–Trinajstić information content (AvgIpc) is 2.94. The second-order valence-corrected chi connectivity index (χ2v) is 6.09. The van der Waals surface area contributed by atoms with E-state index in [1.807, 2.05) is 18.2 Å². The molecule has 0 bridgehead atoms. The third-order valence-electron chi connectivity index (χ3n) is 4.05. The van der Waals surface area contributed by atoms with Gasteiger partial charge in [-0.1, -0.05) is 12.1 Å². The first-order valence-corrected chi connectivity index (χ1v) is 8.22. The molecular weight excluding hydrogens is 292 g/mol. The van der Waals surface area contributed by atoms with E-state index in [2.05, 4.69) is 35.1 Å². The molecule has 1 amide bonds. The minimum atomic E-state index is -0.382. The van der Waals surface area contributed by atoms with Crippen molar-refractivity contribution in [3.05, 3.63) is 30.1 Å². The molecule has 23 heavy (non-hydrogen) atoms. The number of imidazole rings is 1. The Hall–Kier alpha value is -1.92. The summed E-state index contributed by atoms with van der Waals surface area (Å²) in [6, 6.07) is 8.48. The number of nitrogens with one attached hydrogen (secondary N) is 2. The SMILES string of the molecule is CC(C)n1c(CCNC(=O)C2CNCCO2)nc2ccccc21. The number of carbonyl (C=O) groups is 1. The van der Waals surface area contributed by atoms with Crippen molar-refractivity contribution in [3.8, 4) is 0 Å². The molecule has 0 aliphatic carbocycles. The van der Waals surface area contributed by atoms with Gasteiger partial charge in [0.2, 0.25) is 5.91 Å². The number of hydrogen-bond acceptors (Lipinski definition) is 4. The Bertz CT molecular complexity index is 674. The normalized spacial score (nSPS) is 18.5. The summed E-state index contributed by atoms with van der Waals surface area (Å²) in [7, 11) is 0. The molecule has 124 valence electrons. The topological polar surface area (TPSA) is 68.2 Å². The molecule has 3 rings (SSSR count). The molecule has 1 aliphatic rings. The maximum absolute atomic E-state index is 12.1. The van der Waals surface area contributed by atoms with Gasteiger partial charge >= 0.3 is 0 Å². The average molecular weight is 316 g/mol. The molecule has 6 nitrogen and oxygen atoms in total. The number of carbonyl (C=O) groups excluding carboxylic acids is 1. The lowest BCUT2D eigenvalue weighted by Gasteiger charge is -2.22. The Kier molecular flexibility index (Phi) is 4.93. The lowest BCUT2D eigenvalue weighted by atomic mass is 10.2. The summed E-state index contributed by atoms with van der Waals surface area (Å²) in [5.74, 6) is 0.952. The smallest absolute Gasteiger partial charge is 0.250 e. The highest BCUT2D eigenvalue weighted by atomic mass is 16.5. The van der Waals surface area contributed by atoms with Gasteiger partial charge in [-0.15, -0.1) is 0 Å². The zero-order valence-electron chi connectivity index (χ0n) is 13.7. The van der Waals surface area contributed by atoms with Gasteiger partial charge in [-0.2, -0.15) is 0 Å². The van der Waals surface area contributed by atoms with Gasteiger partial charge in [0, 0.05) is 32.1 Å². The van der Waals surface area contributed by atoms with Crippen LogP contribution in [0.5, 0.6) is 0 Å². The van der Waals surface area contributed by atoms with E-state index in [0.717, 1.165) is 23.4 Å². The van der Waals surface area contributed by atoms with Gasteiger partial charge in [-0.05, 0) is 26.0 Å². The van der Waals surface area contributed by atoms with Gasteiger partial charge in [0.1, 0.15) is 11.9 Å². The van der Waals surface area contributed by atoms with Crippen LogP contribution in [0, 0.1) is 0 Å². The van der Waals surface area contributed by atoms with Gasteiger partial charge in [-0.3, -0.25) is 4.79 Å². The molecule has 1 aromatic carbocycles. The fraction of sp³-hybridized carbons (Fsp3) is 0.529. The van der Waals surface area contributed by atoms with Crippen molar-refractivity contribution in [2.75, 3.05) is 26.2 Å². The molecule has 0 saturated carbocycles. The van der Waals surface area contributed by atoms with Crippen LogP contribution < -0.4 is 10.6 Å². The minimum Gasteiger partial charge on any atom is -0.366 e. The Morgan fingerprint density at radius 2 is 2.30 bits per heavy atom. The summed E-state index contributed by atoms with van der Waals surface area (Å²) >= 11 is 0. The maximum atomic E-state index is 12.1. The molecular formula is C17H24N4O2. The number of ether oxygens (including phenoxy) is 1. The van der Waals surface area contributed by atoms with Crippen LogP contribution in [-0.2, 0) is 16.0 Å². The molecule has 1 saturated heterocycles. The fourth-order valence-electron chi connectivity index (χ4n) is 2.99. The number of nitrogens with zero attached hydrogens (tertiary/aromatic N) is 2. The Labute approximate surface area is 136 Å². The fourth-order valence-corrected chi connectivity index (χ4v) is 2.99. The molecule has 0 radical (unpaired) electrons. The van der Waals surface area contributed by atoms with Gasteiger partial charge in [0.15, 0.2) is 0 Å². The number of aromatic nitrogens is 2. The van der Waals surface area contributed by atoms with Crippen molar-refractivity contribution < 1.29 is 9.53 Å². The Morgan fingerprint density at radius 1 is 1.48 bits per heavy atom. The van der Waals surface area contributed by atoms with Gasteiger partial charge < -0.3 is 19.9 Å². The molecule has 6 heteroatoms. The van der Waals surface area contributed by atoms with Crippen LogP contribution in [0.1, 0.15) is 25.7 Å². The second-order valence-electron chi connectivity index (χ2n) is 6.09. The third-order valence-corrected chi connectivity index (χ3v) is 4.05. The summed E-state index contributed by atoms with van der Waals surface area (Å²) in [6.45, 7) is 6.84. The Balaban J connectivity index is 1.65. The summed E-state index contributed by atoms with van der Waals surface area (Å²) < 4.78 is 7.69. The van der Waals surface area contributed by atoms with Crippen LogP contribution in [0.4, 0.5) is 0 Å². The van der Waals surface area contributed by atoms with E-state index < -0.39 is 0 Å². The molecule has 1 atom stereocenters. The highest BCUT2D eigenvalue weighted by Gasteiger charge is 2.21. The summed E-state index contributed by atoms with van der Waals surface area (Å²) in [5.41, 5.74) is 2.14. The summed E-state index contributed by atoms with van der Waals surface area (Å²) in [5, 5.41) is 6.12. The predicted molar refractivity (Wildman–Crippen MR) is 89.4 cm³/mol. The molecule has 2 N–H and O–H groups in total. The van der Waals surface area contributed by atoms with Crippen molar-refractivity contribution in [3.63, 3.8) is 0 Å². The lowest BCUT2D eigenvalue weighted by molar-refractivity contribution is -0.134. The molecule has 1 unspecified atom stereocenters. The van der Waals surface area contributed by atoms with Crippen molar-refractivity contribution in [1.82, 2.24) is 20.2 Å². The molecule has 1 fully saturated rings. The lowest BCUT2D eigenvalue weighted by Crippen LogP contribution is -2.48. The summed E-state index contributed by atoms with van der Waals surface area (Å²) in [6.07, 6.45) is 0.325.